The van der Waals surface area contributed by atoms with Crippen molar-refractivity contribution in [3.8, 4) is 0 Å². The van der Waals surface area contributed by atoms with Crippen molar-refractivity contribution in [1.29, 1.82) is 0 Å². The first-order valence-electron chi connectivity index (χ1n) is 10.2. The number of piperidine rings is 1. The molecule has 0 radical (unpaired) electrons. The van der Waals surface area contributed by atoms with E-state index in [-0.39, 0.29) is 22.7 Å². The third kappa shape index (κ3) is 5.63. The molecule has 1 heterocycles. The van der Waals surface area contributed by atoms with E-state index in [1.54, 1.807) is 38.1 Å². The van der Waals surface area contributed by atoms with E-state index < -0.39 is 26.6 Å². The number of aryl methyl sites for hydroxylation is 1. The number of nitrogens with zero attached hydrogens (tertiary/aromatic N) is 1. The average Bonchev–Trinajstić information content (AvgIpc) is 2.70. The van der Waals surface area contributed by atoms with Crippen LogP contribution in [0.2, 0.25) is 5.02 Å². The zero-order valence-electron chi connectivity index (χ0n) is 17.8. The van der Waals surface area contributed by atoms with Crippen molar-refractivity contribution in [3.63, 3.8) is 0 Å². The zero-order valence-corrected chi connectivity index (χ0v) is 19.4. The zero-order chi connectivity index (χ0) is 22.8. The van der Waals surface area contributed by atoms with Gasteiger partial charge in [-0.2, -0.15) is 0 Å². The highest BCUT2D eigenvalue weighted by molar-refractivity contribution is 7.89. The highest BCUT2D eigenvalue weighted by atomic mass is 35.5. The van der Waals surface area contributed by atoms with Crippen LogP contribution in [0.25, 0.3) is 0 Å². The highest BCUT2D eigenvalue weighted by Crippen LogP contribution is 2.29. The Labute approximate surface area is 187 Å². The van der Waals surface area contributed by atoms with E-state index in [9.17, 15) is 17.6 Å². The molecule has 168 valence electrons. The number of amides is 1. The molecule has 1 atom stereocenters. The minimum absolute atomic E-state index is 0.00901. The number of sulfonamides is 1. The number of likely N-dealkylation sites (tertiary alicyclic amines) is 1. The molecule has 0 unspecified atom stereocenters. The van der Waals surface area contributed by atoms with Crippen LogP contribution in [0.3, 0.4) is 0 Å². The van der Waals surface area contributed by atoms with Gasteiger partial charge in [0.25, 0.3) is 5.91 Å². The Morgan fingerprint density at radius 2 is 1.87 bits per heavy atom. The van der Waals surface area contributed by atoms with Crippen LogP contribution in [0.4, 0.5) is 10.1 Å². The number of carbonyl (C=O) groups is 1. The number of nitrogens with one attached hydrogen (secondary N) is 2. The first kappa shape index (κ1) is 23.7. The molecule has 0 bridgehead atoms. The lowest BCUT2D eigenvalue weighted by molar-refractivity contribution is 0.102. The van der Waals surface area contributed by atoms with E-state index in [2.05, 4.69) is 14.9 Å². The van der Waals surface area contributed by atoms with Crippen molar-refractivity contribution >= 4 is 33.2 Å². The third-order valence-corrected chi connectivity index (χ3v) is 7.65. The summed E-state index contributed by atoms with van der Waals surface area (Å²) in [5.41, 5.74) is 1.18. The minimum atomic E-state index is -4.12. The second-order valence-electron chi connectivity index (χ2n) is 8.08. The van der Waals surface area contributed by atoms with Gasteiger partial charge in [0.05, 0.1) is 10.7 Å². The van der Waals surface area contributed by atoms with E-state index >= 15 is 0 Å². The van der Waals surface area contributed by atoms with Crippen LogP contribution in [0.15, 0.2) is 41.3 Å². The maximum absolute atomic E-state index is 14.8. The normalized spacial score (nSPS) is 16.8. The van der Waals surface area contributed by atoms with Crippen LogP contribution in [0.5, 0.6) is 0 Å². The van der Waals surface area contributed by atoms with Crippen LogP contribution < -0.4 is 10.0 Å². The van der Waals surface area contributed by atoms with Gasteiger partial charge in [0.2, 0.25) is 10.0 Å². The van der Waals surface area contributed by atoms with Crippen molar-refractivity contribution in [2.75, 3.05) is 25.5 Å². The van der Waals surface area contributed by atoms with Crippen LogP contribution >= 0.6 is 11.6 Å². The lowest BCUT2D eigenvalue weighted by Gasteiger charge is -2.32. The fraction of sp³-hybridized carbons (Fsp3) is 0.409. The minimum Gasteiger partial charge on any atom is -0.321 e. The average molecular weight is 468 g/mol. The Kier molecular flexibility index (Phi) is 7.36. The van der Waals surface area contributed by atoms with Gasteiger partial charge in [-0.25, -0.2) is 17.5 Å². The van der Waals surface area contributed by atoms with Crippen molar-refractivity contribution in [1.82, 2.24) is 9.62 Å². The molecular weight excluding hydrogens is 441 g/mol. The summed E-state index contributed by atoms with van der Waals surface area (Å²) in [6.45, 7) is 5.37. The molecule has 2 N–H and O–H groups in total. The predicted molar refractivity (Wildman–Crippen MR) is 121 cm³/mol. The molecule has 0 spiro atoms. The van der Waals surface area contributed by atoms with Crippen molar-refractivity contribution < 1.29 is 17.6 Å². The van der Waals surface area contributed by atoms with Crippen LogP contribution in [0.1, 0.15) is 35.7 Å². The molecule has 0 aliphatic carbocycles. The Balaban J connectivity index is 1.77. The number of halogens is 2. The van der Waals surface area contributed by atoms with E-state index in [1.807, 2.05) is 7.05 Å². The molecule has 1 saturated heterocycles. The summed E-state index contributed by atoms with van der Waals surface area (Å²) in [4.78, 5) is 14.2. The summed E-state index contributed by atoms with van der Waals surface area (Å²) in [6, 6.07) is 8.58. The molecule has 31 heavy (non-hydrogen) atoms. The summed E-state index contributed by atoms with van der Waals surface area (Å²) in [5.74, 6) is -1.26. The number of hydrogen-bond acceptors (Lipinski definition) is 4. The SMILES string of the molecule is Cc1ccccc1C(=O)Nc1cc(F)c(S(=O)(=O)N[C@H](C)C2CCN(C)CC2)cc1Cl. The van der Waals surface area contributed by atoms with Crippen LogP contribution in [-0.4, -0.2) is 45.4 Å². The summed E-state index contributed by atoms with van der Waals surface area (Å²) in [7, 11) is -2.09. The van der Waals surface area contributed by atoms with E-state index in [4.69, 9.17) is 11.6 Å². The van der Waals surface area contributed by atoms with Gasteiger partial charge >= 0.3 is 0 Å². The molecule has 0 aromatic heterocycles. The molecular formula is C22H27ClFN3O3S. The monoisotopic (exact) mass is 467 g/mol. The van der Waals surface area contributed by atoms with Gasteiger partial charge < -0.3 is 10.2 Å². The smallest absolute Gasteiger partial charge is 0.255 e. The Morgan fingerprint density at radius 1 is 1.23 bits per heavy atom. The molecule has 1 aliphatic heterocycles. The number of anilines is 1. The third-order valence-electron chi connectivity index (χ3n) is 5.76. The molecule has 9 heteroatoms. The topological polar surface area (TPSA) is 78.5 Å². The number of hydrogen-bond donors (Lipinski definition) is 2. The molecule has 6 nitrogen and oxygen atoms in total. The van der Waals surface area contributed by atoms with Crippen molar-refractivity contribution in [2.45, 2.75) is 37.6 Å². The summed E-state index contributed by atoms with van der Waals surface area (Å²) >= 11 is 6.20. The van der Waals surface area contributed by atoms with E-state index in [0.717, 1.165) is 43.6 Å². The van der Waals surface area contributed by atoms with Crippen molar-refractivity contribution in [2.24, 2.45) is 5.92 Å². The molecule has 2 aromatic carbocycles. The quantitative estimate of drug-likeness (QED) is 0.671. The molecule has 1 amide bonds. The highest BCUT2D eigenvalue weighted by Gasteiger charge is 2.29. The Hall–Kier alpha value is -2.00. The molecule has 2 aromatic rings. The second-order valence-corrected chi connectivity index (χ2v) is 10.2. The maximum atomic E-state index is 14.8. The van der Waals surface area contributed by atoms with Gasteiger partial charge in [-0.15, -0.1) is 0 Å². The maximum Gasteiger partial charge on any atom is 0.255 e. The van der Waals surface area contributed by atoms with E-state index in [0.29, 0.717) is 5.56 Å². The van der Waals surface area contributed by atoms with Gasteiger partial charge in [0.15, 0.2) is 0 Å². The van der Waals surface area contributed by atoms with Crippen LogP contribution in [-0.2, 0) is 10.0 Å². The lowest BCUT2D eigenvalue weighted by Crippen LogP contribution is -2.43. The first-order chi connectivity index (χ1) is 14.6. The molecule has 1 fully saturated rings. The standard InChI is InChI=1S/C22H27ClFN3O3S/c1-14-6-4-5-7-17(14)22(28)25-20-13-19(24)21(12-18(20)23)31(29,30)26-15(2)16-8-10-27(3)11-9-16/h4-7,12-13,15-16,26H,8-11H2,1-3H3,(H,25,28)/t15-/m1/s1. The summed E-state index contributed by atoms with van der Waals surface area (Å²) < 4.78 is 43.0. The fourth-order valence-corrected chi connectivity index (χ4v) is 5.45. The second kappa shape index (κ2) is 9.65. The van der Waals surface area contributed by atoms with Gasteiger partial charge in [-0.05, 0) is 70.4 Å². The van der Waals surface area contributed by atoms with Gasteiger partial charge in [0.1, 0.15) is 10.7 Å². The molecule has 3 rings (SSSR count). The fourth-order valence-electron chi connectivity index (χ4n) is 3.78. The Morgan fingerprint density at radius 3 is 2.52 bits per heavy atom. The largest absolute Gasteiger partial charge is 0.321 e. The van der Waals surface area contributed by atoms with Crippen molar-refractivity contribution in [3.05, 3.63) is 58.4 Å². The van der Waals surface area contributed by atoms with Gasteiger partial charge in [0, 0.05) is 17.7 Å². The first-order valence-corrected chi connectivity index (χ1v) is 12.0. The number of benzene rings is 2. The molecule has 0 saturated carbocycles. The predicted octanol–water partition coefficient (Wildman–Crippen LogP) is 4.05. The van der Waals surface area contributed by atoms with Crippen LogP contribution in [0, 0.1) is 18.7 Å². The van der Waals surface area contributed by atoms with E-state index in [1.165, 1.54) is 0 Å². The molecule has 1 aliphatic rings. The van der Waals surface area contributed by atoms with Gasteiger partial charge in [-0.3, -0.25) is 4.79 Å². The number of carbonyl (C=O) groups excluding carboxylic acids is 1. The van der Waals surface area contributed by atoms with Gasteiger partial charge in [-0.1, -0.05) is 29.8 Å². The lowest BCUT2D eigenvalue weighted by atomic mass is 9.91. The Bertz CT molecular complexity index is 1070. The summed E-state index contributed by atoms with van der Waals surface area (Å²) in [6.07, 6.45) is 1.74. The summed E-state index contributed by atoms with van der Waals surface area (Å²) in [5, 5.41) is 2.49. The number of rotatable bonds is 6.